The van der Waals surface area contributed by atoms with E-state index in [1.165, 1.54) is 6.20 Å². The molecule has 0 atom stereocenters. The lowest BCUT2D eigenvalue weighted by molar-refractivity contribution is 0.0829. The fourth-order valence-corrected chi connectivity index (χ4v) is 2.40. The van der Waals surface area contributed by atoms with Crippen LogP contribution in [0.2, 0.25) is 5.02 Å². The van der Waals surface area contributed by atoms with Crippen molar-refractivity contribution in [3.63, 3.8) is 0 Å². The Hall–Kier alpha value is -1.20. The van der Waals surface area contributed by atoms with Crippen LogP contribution in [-0.2, 0) is 0 Å². The lowest BCUT2D eigenvalue weighted by Crippen LogP contribution is -2.49. The number of nitrogens with one attached hydrogen (secondary N) is 1. The van der Waals surface area contributed by atoms with Gasteiger partial charge in [-0.05, 0) is 18.9 Å². The van der Waals surface area contributed by atoms with Crippen LogP contribution in [0.1, 0.15) is 36.2 Å². The van der Waals surface area contributed by atoms with Crippen molar-refractivity contribution in [3.05, 3.63) is 28.8 Å². The molecule has 0 unspecified atom stereocenters. The van der Waals surface area contributed by atoms with Crippen LogP contribution in [0.25, 0.3) is 0 Å². The Morgan fingerprint density at radius 1 is 1.56 bits per heavy atom. The molecule has 98 valence electrons. The van der Waals surface area contributed by atoms with E-state index in [1.807, 2.05) is 0 Å². The molecule has 2 N–H and O–H groups in total. The lowest BCUT2D eigenvalue weighted by atomic mass is 9.98. The second kappa shape index (κ2) is 5.20. The van der Waals surface area contributed by atoms with Gasteiger partial charge in [0.25, 0.3) is 5.91 Å². The molecule has 0 aliphatic heterocycles. The van der Waals surface area contributed by atoms with Crippen LogP contribution in [-0.4, -0.2) is 28.1 Å². The fourth-order valence-electron chi connectivity index (χ4n) is 2.26. The molecule has 1 amide bonds. The van der Waals surface area contributed by atoms with Gasteiger partial charge in [-0.25, -0.2) is 9.37 Å². The molecule has 1 aromatic rings. The van der Waals surface area contributed by atoms with Crippen LogP contribution in [0, 0.1) is 5.82 Å². The molecule has 0 spiro atoms. The van der Waals surface area contributed by atoms with E-state index in [9.17, 15) is 14.3 Å². The topological polar surface area (TPSA) is 62.2 Å². The summed E-state index contributed by atoms with van der Waals surface area (Å²) in [6, 6.07) is 1.05. The maximum absolute atomic E-state index is 13.5. The van der Waals surface area contributed by atoms with E-state index in [-0.39, 0.29) is 17.3 Å². The van der Waals surface area contributed by atoms with Crippen molar-refractivity contribution in [1.82, 2.24) is 10.3 Å². The van der Waals surface area contributed by atoms with E-state index >= 15 is 0 Å². The van der Waals surface area contributed by atoms with Gasteiger partial charge in [-0.2, -0.15) is 0 Å². The van der Waals surface area contributed by atoms with Gasteiger partial charge in [-0.1, -0.05) is 24.4 Å². The Kier molecular flexibility index (Phi) is 3.82. The maximum atomic E-state index is 13.5. The van der Waals surface area contributed by atoms with Crippen molar-refractivity contribution in [2.24, 2.45) is 0 Å². The number of halogens is 2. The third-order valence-electron chi connectivity index (χ3n) is 3.26. The van der Waals surface area contributed by atoms with E-state index in [0.29, 0.717) is 12.8 Å². The Labute approximate surface area is 109 Å². The van der Waals surface area contributed by atoms with Crippen molar-refractivity contribution >= 4 is 17.5 Å². The first-order chi connectivity index (χ1) is 8.56. The van der Waals surface area contributed by atoms with Gasteiger partial charge in [0.15, 0.2) is 11.5 Å². The van der Waals surface area contributed by atoms with Crippen molar-refractivity contribution in [3.8, 4) is 0 Å². The summed E-state index contributed by atoms with van der Waals surface area (Å²) in [5, 5.41) is 12.2. The zero-order chi connectivity index (χ0) is 13.2. The number of carbonyl (C=O) groups excluding carboxylic acids is 1. The molecule has 0 aromatic carbocycles. The van der Waals surface area contributed by atoms with Gasteiger partial charge in [0, 0.05) is 6.20 Å². The molecule has 4 nitrogen and oxygen atoms in total. The zero-order valence-corrected chi connectivity index (χ0v) is 10.5. The lowest BCUT2D eigenvalue weighted by Gasteiger charge is -2.27. The van der Waals surface area contributed by atoms with Crippen LogP contribution in [0.3, 0.4) is 0 Å². The summed E-state index contributed by atoms with van der Waals surface area (Å²) in [4.78, 5) is 15.6. The quantitative estimate of drug-likeness (QED) is 0.884. The summed E-state index contributed by atoms with van der Waals surface area (Å²) >= 11 is 5.57. The zero-order valence-electron chi connectivity index (χ0n) is 9.75. The van der Waals surface area contributed by atoms with Crippen LogP contribution in [0.4, 0.5) is 4.39 Å². The number of amides is 1. The molecule has 1 aromatic heterocycles. The maximum Gasteiger partial charge on any atom is 0.273 e. The summed E-state index contributed by atoms with van der Waals surface area (Å²) in [7, 11) is 0. The molecule has 1 aliphatic carbocycles. The van der Waals surface area contributed by atoms with Gasteiger partial charge in [0.2, 0.25) is 0 Å². The number of hydrogen-bond acceptors (Lipinski definition) is 3. The molecule has 1 saturated carbocycles. The first kappa shape index (κ1) is 13.2. The number of aliphatic hydroxyl groups excluding tert-OH is 1. The third kappa shape index (κ3) is 2.62. The van der Waals surface area contributed by atoms with Crippen molar-refractivity contribution in [2.45, 2.75) is 31.2 Å². The van der Waals surface area contributed by atoms with E-state index in [4.69, 9.17) is 11.6 Å². The molecular weight excluding hydrogens is 259 g/mol. The number of nitrogens with zero attached hydrogens (tertiary/aromatic N) is 1. The first-order valence-electron chi connectivity index (χ1n) is 5.81. The number of pyridine rings is 1. The smallest absolute Gasteiger partial charge is 0.273 e. The molecule has 2 rings (SSSR count). The molecule has 0 radical (unpaired) electrons. The summed E-state index contributed by atoms with van der Waals surface area (Å²) in [6.07, 6.45) is 4.50. The van der Waals surface area contributed by atoms with Crippen molar-refractivity contribution < 1.29 is 14.3 Å². The van der Waals surface area contributed by atoms with Gasteiger partial charge in [-0.15, -0.1) is 0 Å². The summed E-state index contributed by atoms with van der Waals surface area (Å²) < 4.78 is 13.5. The number of hydrogen-bond donors (Lipinski definition) is 2. The monoisotopic (exact) mass is 272 g/mol. The van der Waals surface area contributed by atoms with Gasteiger partial charge in [0.1, 0.15) is 0 Å². The summed E-state index contributed by atoms with van der Waals surface area (Å²) in [5.74, 6) is -1.37. The third-order valence-corrected chi connectivity index (χ3v) is 3.47. The van der Waals surface area contributed by atoms with Crippen molar-refractivity contribution in [2.75, 3.05) is 6.61 Å². The normalized spacial score (nSPS) is 17.7. The minimum Gasteiger partial charge on any atom is -0.394 e. The second-order valence-electron chi connectivity index (χ2n) is 4.58. The number of aromatic nitrogens is 1. The highest BCUT2D eigenvalue weighted by Crippen LogP contribution is 2.29. The SMILES string of the molecule is O=C(NC1(CO)CCCC1)c1ncc(Cl)cc1F. The minimum atomic E-state index is -0.758. The molecule has 1 heterocycles. The van der Waals surface area contributed by atoms with Crippen LogP contribution in [0.5, 0.6) is 0 Å². The van der Waals surface area contributed by atoms with Crippen LogP contribution < -0.4 is 5.32 Å². The Morgan fingerprint density at radius 2 is 2.22 bits per heavy atom. The van der Waals surface area contributed by atoms with Crippen LogP contribution in [0.15, 0.2) is 12.3 Å². The Balaban J connectivity index is 2.16. The van der Waals surface area contributed by atoms with Crippen LogP contribution >= 0.6 is 11.6 Å². The fraction of sp³-hybridized carbons (Fsp3) is 0.500. The Morgan fingerprint density at radius 3 is 2.78 bits per heavy atom. The molecule has 18 heavy (non-hydrogen) atoms. The van der Waals surface area contributed by atoms with E-state index in [2.05, 4.69) is 10.3 Å². The molecule has 6 heteroatoms. The van der Waals surface area contributed by atoms with Gasteiger partial charge < -0.3 is 10.4 Å². The number of aliphatic hydroxyl groups is 1. The predicted molar refractivity (Wildman–Crippen MR) is 65.0 cm³/mol. The van der Waals surface area contributed by atoms with E-state index < -0.39 is 17.3 Å². The standard InChI is InChI=1S/C12H14ClFN2O2/c13-8-5-9(14)10(15-6-8)11(18)16-12(7-17)3-1-2-4-12/h5-6,17H,1-4,7H2,(H,16,18). The largest absolute Gasteiger partial charge is 0.394 e. The molecular formula is C12H14ClFN2O2. The van der Waals surface area contributed by atoms with Gasteiger partial charge in [-0.3, -0.25) is 4.79 Å². The van der Waals surface area contributed by atoms with Gasteiger partial charge >= 0.3 is 0 Å². The van der Waals surface area contributed by atoms with Gasteiger partial charge in [0.05, 0.1) is 17.2 Å². The summed E-state index contributed by atoms with van der Waals surface area (Å²) in [6.45, 7) is -0.145. The average Bonchev–Trinajstić information content (AvgIpc) is 2.78. The number of rotatable bonds is 3. The minimum absolute atomic E-state index is 0.141. The number of carbonyl (C=O) groups is 1. The highest BCUT2D eigenvalue weighted by atomic mass is 35.5. The molecule has 0 bridgehead atoms. The van der Waals surface area contributed by atoms with E-state index in [0.717, 1.165) is 18.9 Å². The second-order valence-corrected chi connectivity index (χ2v) is 5.02. The Bertz CT molecular complexity index is 461. The molecule has 1 aliphatic rings. The molecule has 1 fully saturated rings. The average molecular weight is 273 g/mol. The van der Waals surface area contributed by atoms with E-state index in [1.54, 1.807) is 0 Å². The first-order valence-corrected chi connectivity index (χ1v) is 6.18. The highest BCUT2D eigenvalue weighted by Gasteiger charge is 2.35. The highest BCUT2D eigenvalue weighted by molar-refractivity contribution is 6.30. The van der Waals surface area contributed by atoms with Crippen molar-refractivity contribution in [1.29, 1.82) is 0 Å². The predicted octanol–water partition coefficient (Wildman–Crippen LogP) is 1.91. The summed E-state index contributed by atoms with van der Waals surface area (Å²) in [5.41, 5.74) is -0.927. The molecule has 0 saturated heterocycles.